The highest BCUT2D eigenvalue weighted by atomic mass is 16.6. The highest BCUT2D eigenvalue weighted by Gasteiger charge is 2.24. The summed E-state index contributed by atoms with van der Waals surface area (Å²) in [7, 11) is 0. The highest BCUT2D eigenvalue weighted by molar-refractivity contribution is 6.07. The SMILES string of the molecule is Cc1ccccc1N(O)C(=O)c1ccccc1[N+](=O)[O-]. The number of para-hydroxylation sites is 2. The number of benzene rings is 2. The maximum absolute atomic E-state index is 12.2. The third-order valence-corrected chi connectivity index (χ3v) is 2.87. The second kappa shape index (κ2) is 5.50. The number of nitro benzene ring substituents is 1. The fourth-order valence-corrected chi connectivity index (χ4v) is 1.84. The Labute approximate surface area is 115 Å². The molecule has 0 unspecified atom stereocenters. The quantitative estimate of drug-likeness (QED) is 0.529. The molecule has 0 saturated heterocycles. The number of hydrogen-bond acceptors (Lipinski definition) is 4. The van der Waals surface area contributed by atoms with Gasteiger partial charge in [-0.1, -0.05) is 30.3 Å². The van der Waals surface area contributed by atoms with Crippen LogP contribution in [0.2, 0.25) is 0 Å². The molecule has 2 aromatic carbocycles. The fraction of sp³-hybridized carbons (Fsp3) is 0.0714. The van der Waals surface area contributed by atoms with Crippen molar-refractivity contribution in [1.82, 2.24) is 0 Å². The Morgan fingerprint density at radius 3 is 2.40 bits per heavy atom. The smallest absolute Gasteiger partial charge is 0.281 e. The highest BCUT2D eigenvalue weighted by Crippen LogP contribution is 2.24. The minimum Gasteiger partial charge on any atom is -0.281 e. The molecule has 102 valence electrons. The summed E-state index contributed by atoms with van der Waals surface area (Å²) in [6.45, 7) is 1.73. The summed E-state index contributed by atoms with van der Waals surface area (Å²) in [6, 6.07) is 12.2. The van der Waals surface area contributed by atoms with Gasteiger partial charge in [-0.2, -0.15) is 5.06 Å². The molecule has 1 N–H and O–H groups in total. The third kappa shape index (κ3) is 2.50. The van der Waals surface area contributed by atoms with Crippen LogP contribution in [0.4, 0.5) is 11.4 Å². The van der Waals surface area contributed by atoms with Crippen LogP contribution in [-0.4, -0.2) is 16.0 Å². The van der Waals surface area contributed by atoms with E-state index < -0.39 is 10.8 Å². The number of amides is 1. The zero-order valence-corrected chi connectivity index (χ0v) is 10.7. The molecule has 0 saturated carbocycles. The Balaban J connectivity index is 2.42. The van der Waals surface area contributed by atoms with Gasteiger partial charge in [0.15, 0.2) is 0 Å². The average Bonchev–Trinajstić information content (AvgIpc) is 2.46. The van der Waals surface area contributed by atoms with Gasteiger partial charge in [0, 0.05) is 6.07 Å². The number of rotatable bonds is 3. The number of aryl methyl sites for hydroxylation is 1. The summed E-state index contributed by atoms with van der Waals surface area (Å²) < 4.78 is 0. The van der Waals surface area contributed by atoms with Gasteiger partial charge in [-0.05, 0) is 24.6 Å². The molecular weight excluding hydrogens is 260 g/mol. The Bertz CT molecular complexity index is 670. The van der Waals surface area contributed by atoms with Crippen LogP contribution in [0, 0.1) is 17.0 Å². The molecule has 6 heteroatoms. The zero-order chi connectivity index (χ0) is 14.7. The molecule has 2 rings (SSSR count). The molecule has 0 aliphatic rings. The number of nitrogens with zero attached hydrogens (tertiary/aromatic N) is 2. The predicted octanol–water partition coefficient (Wildman–Crippen LogP) is 2.94. The summed E-state index contributed by atoms with van der Waals surface area (Å²) >= 11 is 0. The van der Waals surface area contributed by atoms with Gasteiger partial charge in [0.25, 0.3) is 11.6 Å². The van der Waals surface area contributed by atoms with E-state index in [4.69, 9.17) is 0 Å². The first-order chi connectivity index (χ1) is 9.52. The molecule has 0 bridgehead atoms. The number of carbonyl (C=O) groups is 1. The number of hydroxylamine groups is 1. The largest absolute Gasteiger partial charge is 0.288 e. The van der Waals surface area contributed by atoms with Crippen LogP contribution in [-0.2, 0) is 0 Å². The standard InChI is InChI=1S/C14H12N2O4/c1-10-6-2-4-8-12(10)15(18)14(17)11-7-3-5-9-13(11)16(19)20/h2-9,18H,1H3. The van der Waals surface area contributed by atoms with E-state index in [9.17, 15) is 20.1 Å². The lowest BCUT2D eigenvalue weighted by Crippen LogP contribution is -2.28. The normalized spacial score (nSPS) is 10.1. The maximum Gasteiger partial charge on any atom is 0.288 e. The summed E-state index contributed by atoms with van der Waals surface area (Å²) in [4.78, 5) is 22.4. The summed E-state index contributed by atoms with van der Waals surface area (Å²) in [6.07, 6.45) is 0. The van der Waals surface area contributed by atoms with E-state index in [1.165, 1.54) is 24.3 Å². The van der Waals surface area contributed by atoms with Crippen molar-refractivity contribution in [3.05, 3.63) is 69.8 Å². The Morgan fingerprint density at radius 1 is 1.15 bits per heavy atom. The first-order valence-electron chi connectivity index (χ1n) is 5.84. The molecule has 0 aliphatic carbocycles. The van der Waals surface area contributed by atoms with Gasteiger partial charge in [0.05, 0.1) is 10.6 Å². The molecule has 20 heavy (non-hydrogen) atoms. The molecule has 0 fully saturated rings. The van der Waals surface area contributed by atoms with Gasteiger partial charge in [0.1, 0.15) is 5.56 Å². The lowest BCUT2D eigenvalue weighted by atomic mass is 10.1. The van der Waals surface area contributed by atoms with Gasteiger partial charge < -0.3 is 0 Å². The molecule has 0 aromatic heterocycles. The van der Waals surface area contributed by atoms with Crippen molar-refractivity contribution in [2.75, 3.05) is 5.06 Å². The van der Waals surface area contributed by atoms with E-state index in [0.717, 1.165) is 0 Å². The van der Waals surface area contributed by atoms with E-state index in [1.54, 1.807) is 31.2 Å². The second-order valence-electron chi connectivity index (χ2n) is 4.18. The third-order valence-electron chi connectivity index (χ3n) is 2.87. The summed E-state index contributed by atoms with van der Waals surface area (Å²) in [5, 5.41) is 21.3. The number of nitro groups is 1. The number of carbonyl (C=O) groups excluding carboxylic acids is 1. The first-order valence-corrected chi connectivity index (χ1v) is 5.84. The average molecular weight is 272 g/mol. The molecule has 0 radical (unpaired) electrons. The van der Waals surface area contributed by atoms with E-state index in [2.05, 4.69) is 0 Å². The van der Waals surface area contributed by atoms with Crippen molar-refractivity contribution in [3.8, 4) is 0 Å². The van der Waals surface area contributed by atoms with Crippen LogP contribution in [0.1, 0.15) is 15.9 Å². The molecule has 0 heterocycles. The minimum atomic E-state index is -0.841. The van der Waals surface area contributed by atoms with Crippen molar-refractivity contribution in [3.63, 3.8) is 0 Å². The summed E-state index contributed by atoms with van der Waals surface area (Å²) in [5.74, 6) is -0.841. The maximum atomic E-state index is 12.2. The van der Waals surface area contributed by atoms with Crippen LogP contribution in [0.3, 0.4) is 0 Å². The van der Waals surface area contributed by atoms with Gasteiger partial charge in [-0.25, -0.2) is 0 Å². The van der Waals surface area contributed by atoms with Crippen molar-refractivity contribution >= 4 is 17.3 Å². The molecular formula is C14H12N2O4. The van der Waals surface area contributed by atoms with Crippen LogP contribution in [0.15, 0.2) is 48.5 Å². The Kier molecular flexibility index (Phi) is 3.76. The van der Waals surface area contributed by atoms with Crippen molar-refractivity contribution in [1.29, 1.82) is 0 Å². The minimum absolute atomic E-state index is 0.164. The molecule has 0 atom stereocenters. The lowest BCUT2D eigenvalue weighted by molar-refractivity contribution is -0.385. The second-order valence-corrected chi connectivity index (χ2v) is 4.18. The van der Waals surface area contributed by atoms with Crippen molar-refractivity contribution in [2.24, 2.45) is 0 Å². The fourth-order valence-electron chi connectivity index (χ4n) is 1.84. The zero-order valence-electron chi connectivity index (χ0n) is 10.7. The van der Waals surface area contributed by atoms with Gasteiger partial charge in [-0.15, -0.1) is 0 Å². The molecule has 0 spiro atoms. The van der Waals surface area contributed by atoms with Gasteiger partial charge in [0.2, 0.25) is 0 Å². The van der Waals surface area contributed by atoms with Gasteiger partial charge in [-0.3, -0.25) is 20.1 Å². The van der Waals surface area contributed by atoms with Crippen molar-refractivity contribution in [2.45, 2.75) is 6.92 Å². The van der Waals surface area contributed by atoms with Crippen molar-refractivity contribution < 1.29 is 14.9 Å². The van der Waals surface area contributed by atoms with E-state index >= 15 is 0 Å². The van der Waals surface area contributed by atoms with Crippen LogP contribution in [0.5, 0.6) is 0 Å². The molecule has 1 amide bonds. The van der Waals surface area contributed by atoms with E-state index in [0.29, 0.717) is 10.6 Å². The molecule has 2 aromatic rings. The number of hydrogen-bond donors (Lipinski definition) is 1. The molecule has 0 aliphatic heterocycles. The van der Waals surface area contributed by atoms with Crippen LogP contribution < -0.4 is 5.06 Å². The van der Waals surface area contributed by atoms with E-state index in [-0.39, 0.29) is 16.9 Å². The monoisotopic (exact) mass is 272 g/mol. The van der Waals surface area contributed by atoms with E-state index in [1.807, 2.05) is 0 Å². The predicted molar refractivity (Wildman–Crippen MR) is 72.9 cm³/mol. The topological polar surface area (TPSA) is 83.7 Å². The van der Waals surface area contributed by atoms with Crippen LogP contribution in [0.25, 0.3) is 0 Å². The lowest BCUT2D eigenvalue weighted by Gasteiger charge is -2.17. The van der Waals surface area contributed by atoms with Crippen LogP contribution >= 0.6 is 0 Å². The first kappa shape index (κ1) is 13.7. The Morgan fingerprint density at radius 2 is 1.75 bits per heavy atom. The summed E-state index contributed by atoms with van der Waals surface area (Å²) in [5.41, 5.74) is 0.464. The molecule has 6 nitrogen and oxygen atoms in total. The number of anilines is 1. The Hall–Kier alpha value is -2.73. The van der Waals surface area contributed by atoms with Gasteiger partial charge >= 0.3 is 0 Å².